The van der Waals surface area contributed by atoms with Crippen LogP contribution in [0.1, 0.15) is 28.4 Å². The molecule has 1 amide bonds. The molecule has 1 aromatic heterocycles. The van der Waals surface area contributed by atoms with Crippen molar-refractivity contribution in [3.8, 4) is 0 Å². The zero-order valence-electron chi connectivity index (χ0n) is 15.7. The molecule has 28 heavy (non-hydrogen) atoms. The van der Waals surface area contributed by atoms with Gasteiger partial charge in [0.1, 0.15) is 0 Å². The second-order valence-corrected chi connectivity index (χ2v) is 7.69. The van der Waals surface area contributed by atoms with Crippen LogP contribution in [0.4, 0.5) is 0 Å². The quantitative estimate of drug-likeness (QED) is 0.690. The monoisotopic (exact) mass is 390 g/mol. The lowest BCUT2D eigenvalue weighted by Gasteiger charge is -2.28. The van der Waals surface area contributed by atoms with Crippen molar-refractivity contribution in [3.05, 3.63) is 101 Å². The molecule has 0 aliphatic carbocycles. The van der Waals surface area contributed by atoms with Crippen molar-refractivity contribution in [1.29, 1.82) is 0 Å². The van der Waals surface area contributed by atoms with Crippen molar-refractivity contribution in [2.45, 2.75) is 25.5 Å². The summed E-state index contributed by atoms with van der Waals surface area (Å²) in [5.74, 6) is -0.0655. The molecule has 0 spiro atoms. The van der Waals surface area contributed by atoms with Crippen molar-refractivity contribution in [3.63, 3.8) is 0 Å². The fraction of sp³-hybridized carbons (Fsp3) is 0.182. The number of thioether (sulfide) groups is 1. The Labute approximate surface area is 169 Å². The van der Waals surface area contributed by atoms with Gasteiger partial charge in [-0.1, -0.05) is 54.2 Å². The lowest BCUT2D eigenvalue weighted by Crippen LogP contribution is -2.42. The van der Waals surface area contributed by atoms with Crippen LogP contribution in [0, 0.1) is 0 Å². The van der Waals surface area contributed by atoms with Crippen LogP contribution in [-0.2, 0) is 13.1 Å². The number of benzene rings is 2. The zero-order chi connectivity index (χ0) is 19.3. The highest BCUT2D eigenvalue weighted by Crippen LogP contribution is 2.30. The highest BCUT2D eigenvalue weighted by Gasteiger charge is 2.26. The van der Waals surface area contributed by atoms with Crippen LogP contribution in [0.2, 0.25) is 0 Å². The summed E-state index contributed by atoms with van der Waals surface area (Å²) in [4.78, 5) is 15.0. The average molecular weight is 391 g/mol. The minimum Gasteiger partial charge on any atom is -0.341 e. The predicted octanol–water partition coefficient (Wildman–Crippen LogP) is 4.06. The fourth-order valence-corrected chi connectivity index (χ4v) is 4.15. The van der Waals surface area contributed by atoms with Gasteiger partial charge in [0.15, 0.2) is 5.50 Å². The lowest BCUT2D eigenvalue weighted by atomic mass is 10.1. The van der Waals surface area contributed by atoms with E-state index in [0.717, 1.165) is 17.8 Å². The van der Waals surface area contributed by atoms with E-state index in [-0.39, 0.29) is 11.4 Å². The van der Waals surface area contributed by atoms with E-state index in [1.807, 2.05) is 59.4 Å². The van der Waals surface area contributed by atoms with Gasteiger partial charge in [-0.05, 0) is 41.7 Å². The number of rotatable bonds is 6. The number of nitrogens with one attached hydrogen (secondary N) is 1. The Kier molecular flexibility index (Phi) is 5.48. The topological polar surface area (TPSA) is 50.2 Å². The maximum absolute atomic E-state index is 12.7. The highest BCUT2D eigenvalue weighted by molar-refractivity contribution is 8.02. The van der Waals surface area contributed by atoms with E-state index in [9.17, 15) is 4.79 Å². The second kappa shape index (κ2) is 8.35. The minimum atomic E-state index is -0.101. The maximum Gasteiger partial charge on any atom is 0.253 e. The lowest BCUT2D eigenvalue weighted by molar-refractivity contribution is 0.0921. The molecule has 0 saturated carbocycles. The van der Waals surface area contributed by atoms with E-state index in [1.54, 1.807) is 18.0 Å². The summed E-state index contributed by atoms with van der Waals surface area (Å²) < 4.78 is 1.86. The summed E-state index contributed by atoms with van der Waals surface area (Å²) in [6.07, 6.45) is 3.69. The Hall–Kier alpha value is -2.99. The van der Waals surface area contributed by atoms with Crippen molar-refractivity contribution in [2.75, 3.05) is 0 Å². The molecule has 1 N–H and O–H groups in total. The highest BCUT2D eigenvalue weighted by atomic mass is 32.2. The third-order valence-corrected chi connectivity index (χ3v) is 5.78. The van der Waals surface area contributed by atoms with Gasteiger partial charge in [0.2, 0.25) is 0 Å². The van der Waals surface area contributed by atoms with Crippen LogP contribution in [0.3, 0.4) is 0 Å². The SMILES string of the molecule is CC1=CSC(NC(=O)c2ccc(Cn3cccn3)cc2)N1Cc1ccccc1. The molecule has 6 heteroatoms. The molecule has 2 aromatic carbocycles. The molecule has 5 nitrogen and oxygen atoms in total. The van der Waals surface area contributed by atoms with Crippen molar-refractivity contribution in [1.82, 2.24) is 20.0 Å². The Morgan fingerprint density at radius 3 is 2.50 bits per heavy atom. The van der Waals surface area contributed by atoms with E-state index in [1.165, 1.54) is 5.56 Å². The molecule has 0 saturated heterocycles. The zero-order valence-corrected chi connectivity index (χ0v) is 16.5. The fourth-order valence-electron chi connectivity index (χ4n) is 3.13. The van der Waals surface area contributed by atoms with Gasteiger partial charge in [0, 0.05) is 30.2 Å². The third-order valence-electron chi connectivity index (χ3n) is 4.67. The van der Waals surface area contributed by atoms with Gasteiger partial charge in [-0.25, -0.2) is 0 Å². The van der Waals surface area contributed by atoms with Crippen LogP contribution in [0.5, 0.6) is 0 Å². The smallest absolute Gasteiger partial charge is 0.253 e. The molecule has 0 bridgehead atoms. The summed E-state index contributed by atoms with van der Waals surface area (Å²) in [6, 6.07) is 19.9. The summed E-state index contributed by atoms with van der Waals surface area (Å²) in [5, 5.41) is 9.45. The Morgan fingerprint density at radius 1 is 1.04 bits per heavy atom. The summed E-state index contributed by atoms with van der Waals surface area (Å²) in [6.45, 7) is 3.54. The number of allylic oxidation sites excluding steroid dienone is 1. The molecule has 4 rings (SSSR count). The molecule has 2 heterocycles. The van der Waals surface area contributed by atoms with E-state index in [4.69, 9.17) is 0 Å². The number of hydrogen-bond acceptors (Lipinski definition) is 4. The molecule has 0 fully saturated rings. The molecule has 1 atom stereocenters. The van der Waals surface area contributed by atoms with Gasteiger partial charge in [0.25, 0.3) is 5.91 Å². The van der Waals surface area contributed by atoms with Gasteiger partial charge in [0.05, 0.1) is 6.54 Å². The van der Waals surface area contributed by atoms with E-state index >= 15 is 0 Å². The normalized spacial score (nSPS) is 16.1. The molecule has 3 aromatic rings. The molecule has 142 valence electrons. The Bertz CT molecular complexity index is 952. The summed E-state index contributed by atoms with van der Waals surface area (Å²) in [7, 11) is 0. The number of hydrogen-bond donors (Lipinski definition) is 1. The van der Waals surface area contributed by atoms with Crippen LogP contribution in [0.15, 0.2) is 84.2 Å². The number of aromatic nitrogens is 2. The number of amides is 1. The van der Waals surface area contributed by atoms with Crippen molar-refractivity contribution in [2.24, 2.45) is 0 Å². The van der Waals surface area contributed by atoms with E-state index in [0.29, 0.717) is 12.1 Å². The molecule has 1 aliphatic rings. The Morgan fingerprint density at radius 2 is 1.79 bits per heavy atom. The first kappa shape index (κ1) is 18.4. The summed E-state index contributed by atoms with van der Waals surface area (Å²) >= 11 is 1.63. The second-order valence-electron chi connectivity index (χ2n) is 6.74. The first-order chi connectivity index (χ1) is 13.7. The van der Waals surface area contributed by atoms with E-state index in [2.05, 4.69) is 39.8 Å². The molecule has 1 aliphatic heterocycles. The standard InChI is InChI=1S/C22H22N4OS/c1-17-16-28-22(26(17)15-18-6-3-2-4-7-18)24-21(27)20-10-8-19(9-11-20)14-25-13-5-12-23-25/h2-13,16,22H,14-15H2,1H3,(H,24,27). The molecular formula is C22H22N4OS. The van der Waals surface area contributed by atoms with Crippen LogP contribution in [0.25, 0.3) is 0 Å². The number of carbonyl (C=O) groups excluding carboxylic acids is 1. The summed E-state index contributed by atoms with van der Waals surface area (Å²) in [5.41, 5.74) is 4.05. The van der Waals surface area contributed by atoms with Crippen LogP contribution in [-0.4, -0.2) is 26.1 Å². The molecular weight excluding hydrogens is 368 g/mol. The van der Waals surface area contributed by atoms with Crippen molar-refractivity contribution < 1.29 is 4.79 Å². The third kappa shape index (κ3) is 4.28. The largest absolute Gasteiger partial charge is 0.341 e. The van der Waals surface area contributed by atoms with Crippen LogP contribution < -0.4 is 5.32 Å². The van der Waals surface area contributed by atoms with Gasteiger partial charge >= 0.3 is 0 Å². The predicted molar refractivity (Wildman–Crippen MR) is 112 cm³/mol. The Balaban J connectivity index is 1.39. The maximum atomic E-state index is 12.7. The number of nitrogens with zero attached hydrogens (tertiary/aromatic N) is 3. The molecule has 1 unspecified atom stereocenters. The van der Waals surface area contributed by atoms with Gasteiger partial charge < -0.3 is 10.2 Å². The van der Waals surface area contributed by atoms with E-state index < -0.39 is 0 Å². The average Bonchev–Trinajstić information content (AvgIpc) is 3.34. The van der Waals surface area contributed by atoms with Crippen molar-refractivity contribution >= 4 is 17.7 Å². The van der Waals surface area contributed by atoms with Gasteiger partial charge in [-0.3, -0.25) is 9.48 Å². The first-order valence-corrected chi connectivity index (χ1v) is 10.1. The number of carbonyl (C=O) groups is 1. The van der Waals surface area contributed by atoms with Gasteiger partial charge in [-0.15, -0.1) is 0 Å². The minimum absolute atomic E-state index is 0.0655. The first-order valence-electron chi connectivity index (χ1n) is 9.19. The van der Waals surface area contributed by atoms with Gasteiger partial charge in [-0.2, -0.15) is 5.10 Å². The molecule has 0 radical (unpaired) electrons. The van der Waals surface area contributed by atoms with Crippen LogP contribution >= 0.6 is 11.8 Å².